The molecule has 0 unspecified atom stereocenters. The van der Waals surface area contributed by atoms with Crippen LogP contribution in [0.5, 0.6) is 11.5 Å². The number of benzene rings is 2. The van der Waals surface area contributed by atoms with Gasteiger partial charge in [-0.2, -0.15) is 0 Å². The summed E-state index contributed by atoms with van der Waals surface area (Å²) in [6, 6.07) is 7.70. The minimum Gasteiger partial charge on any atom is -0.493 e. The second kappa shape index (κ2) is 9.98. The highest BCUT2D eigenvalue weighted by Crippen LogP contribution is 2.28. The first-order valence-electron chi connectivity index (χ1n) is 9.32. The van der Waals surface area contributed by atoms with E-state index in [1.807, 2.05) is 0 Å². The Morgan fingerprint density at radius 2 is 1.87 bits per heavy atom. The second-order valence-corrected chi connectivity index (χ2v) is 6.51. The zero-order chi connectivity index (χ0) is 21.5. The maximum absolute atomic E-state index is 13.7. The lowest BCUT2D eigenvalue weighted by atomic mass is 10.1. The molecule has 0 spiro atoms. The minimum absolute atomic E-state index is 0.131. The molecule has 1 fully saturated rings. The number of carbonyl (C=O) groups is 2. The van der Waals surface area contributed by atoms with E-state index in [-0.39, 0.29) is 18.1 Å². The molecule has 0 N–H and O–H groups in total. The predicted molar refractivity (Wildman–Crippen MR) is 106 cm³/mol. The molecule has 2 aromatic rings. The first-order valence-corrected chi connectivity index (χ1v) is 9.32. The Bertz CT molecular complexity index is 955. The zero-order valence-electron chi connectivity index (χ0n) is 16.4. The molecule has 8 heteroatoms. The fraction of sp³-hybridized carbons (Fsp3) is 0.273. The summed E-state index contributed by atoms with van der Waals surface area (Å²) in [4.78, 5) is 26.0. The van der Waals surface area contributed by atoms with Gasteiger partial charge >= 0.3 is 0 Å². The third-order valence-electron chi connectivity index (χ3n) is 4.53. The average molecular weight is 417 g/mol. The Balaban J connectivity index is 1.65. The Labute approximate surface area is 172 Å². The lowest BCUT2D eigenvalue weighted by Gasteiger charge is -2.26. The highest BCUT2D eigenvalue weighted by molar-refractivity contribution is 6.07. The summed E-state index contributed by atoms with van der Waals surface area (Å²) in [6.07, 6.45) is 2.67. The number of methoxy groups -OCH3 is 1. The third-order valence-corrected chi connectivity index (χ3v) is 4.53. The van der Waals surface area contributed by atoms with Crippen LogP contribution in [0.25, 0.3) is 6.08 Å². The molecule has 1 aliphatic heterocycles. The van der Waals surface area contributed by atoms with Crippen molar-refractivity contribution in [3.8, 4) is 11.5 Å². The quantitative estimate of drug-likeness (QED) is 0.512. The first kappa shape index (κ1) is 21.4. The Morgan fingerprint density at radius 3 is 2.57 bits per heavy atom. The van der Waals surface area contributed by atoms with Gasteiger partial charge in [-0.3, -0.25) is 9.59 Å². The standard InChI is InChI=1S/C22H21F2NO5/c1-28-21-12-15(2-6-19(26)17-5-4-16(23)13-18(17)24)3-7-20(21)30-14-22(27)25-8-10-29-11-9-25/h2-7,12-13H,8-11,14H2,1H3/b6-2+. The van der Waals surface area contributed by atoms with Crippen LogP contribution in [0.1, 0.15) is 15.9 Å². The highest BCUT2D eigenvalue weighted by Gasteiger charge is 2.18. The van der Waals surface area contributed by atoms with Crippen molar-refractivity contribution < 1.29 is 32.6 Å². The van der Waals surface area contributed by atoms with Crippen molar-refractivity contribution in [2.45, 2.75) is 0 Å². The molecule has 1 saturated heterocycles. The van der Waals surface area contributed by atoms with Gasteiger partial charge in [0.15, 0.2) is 23.9 Å². The predicted octanol–water partition coefficient (Wildman–Crippen LogP) is 3.11. The van der Waals surface area contributed by atoms with Crippen molar-refractivity contribution in [2.75, 3.05) is 40.0 Å². The molecule has 0 radical (unpaired) electrons. The van der Waals surface area contributed by atoms with E-state index in [4.69, 9.17) is 14.2 Å². The van der Waals surface area contributed by atoms with E-state index in [0.717, 1.165) is 12.1 Å². The molecule has 30 heavy (non-hydrogen) atoms. The monoisotopic (exact) mass is 417 g/mol. The zero-order valence-corrected chi connectivity index (χ0v) is 16.4. The molecule has 158 valence electrons. The van der Waals surface area contributed by atoms with Gasteiger partial charge in [0.1, 0.15) is 11.6 Å². The number of morpholine rings is 1. The number of ether oxygens (including phenoxy) is 3. The molecule has 0 bridgehead atoms. The van der Waals surface area contributed by atoms with Crippen LogP contribution < -0.4 is 9.47 Å². The molecule has 1 heterocycles. The summed E-state index contributed by atoms with van der Waals surface area (Å²) in [6.45, 7) is 1.96. The van der Waals surface area contributed by atoms with E-state index in [1.165, 1.54) is 19.3 Å². The normalized spacial score (nSPS) is 14.0. The van der Waals surface area contributed by atoms with Gasteiger partial charge in [-0.1, -0.05) is 12.1 Å². The Hall–Kier alpha value is -3.26. The minimum atomic E-state index is -0.920. The van der Waals surface area contributed by atoms with Crippen LogP contribution in [0.4, 0.5) is 8.78 Å². The first-order chi connectivity index (χ1) is 14.5. The SMILES string of the molecule is COc1cc(/C=C/C(=O)c2ccc(F)cc2F)ccc1OCC(=O)N1CCOCC1. The lowest BCUT2D eigenvalue weighted by molar-refractivity contribution is -0.137. The van der Waals surface area contributed by atoms with Crippen LogP contribution in [0, 0.1) is 11.6 Å². The van der Waals surface area contributed by atoms with Crippen LogP contribution in [0.2, 0.25) is 0 Å². The third kappa shape index (κ3) is 5.42. The van der Waals surface area contributed by atoms with E-state index >= 15 is 0 Å². The molecule has 1 aliphatic rings. The van der Waals surface area contributed by atoms with Crippen molar-refractivity contribution in [1.29, 1.82) is 0 Å². The topological polar surface area (TPSA) is 65.1 Å². The van der Waals surface area contributed by atoms with Crippen molar-refractivity contribution in [1.82, 2.24) is 4.90 Å². The van der Waals surface area contributed by atoms with E-state index in [0.29, 0.717) is 49.4 Å². The number of allylic oxidation sites excluding steroid dienone is 1. The number of rotatable bonds is 7. The average Bonchev–Trinajstić information content (AvgIpc) is 2.76. The van der Waals surface area contributed by atoms with E-state index in [1.54, 1.807) is 23.1 Å². The fourth-order valence-corrected chi connectivity index (χ4v) is 2.90. The van der Waals surface area contributed by atoms with Gasteiger partial charge in [0.2, 0.25) is 0 Å². The van der Waals surface area contributed by atoms with Crippen molar-refractivity contribution in [3.63, 3.8) is 0 Å². The summed E-state index contributed by atoms with van der Waals surface area (Å²) < 4.78 is 42.8. The number of halogens is 2. The number of amides is 1. The molecular formula is C22H21F2NO5. The van der Waals surface area contributed by atoms with Crippen molar-refractivity contribution in [3.05, 3.63) is 65.2 Å². The van der Waals surface area contributed by atoms with Gasteiger partial charge in [0, 0.05) is 19.2 Å². The molecule has 0 atom stereocenters. The van der Waals surface area contributed by atoms with Crippen LogP contribution >= 0.6 is 0 Å². The Kier molecular flexibility index (Phi) is 7.13. The molecule has 6 nitrogen and oxygen atoms in total. The number of hydrogen-bond donors (Lipinski definition) is 0. The van der Waals surface area contributed by atoms with E-state index in [2.05, 4.69) is 0 Å². The van der Waals surface area contributed by atoms with Crippen molar-refractivity contribution in [2.24, 2.45) is 0 Å². The summed E-state index contributed by atoms with van der Waals surface area (Å²) in [5.74, 6) is -1.64. The van der Waals surface area contributed by atoms with E-state index in [9.17, 15) is 18.4 Å². The van der Waals surface area contributed by atoms with Gasteiger partial charge in [0.25, 0.3) is 5.91 Å². The molecule has 1 amide bonds. The molecule has 0 saturated carbocycles. The number of ketones is 1. The number of carbonyl (C=O) groups excluding carboxylic acids is 2. The van der Waals surface area contributed by atoms with Gasteiger partial charge in [-0.15, -0.1) is 0 Å². The largest absolute Gasteiger partial charge is 0.493 e. The smallest absolute Gasteiger partial charge is 0.260 e. The lowest BCUT2D eigenvalue weighted by Crippen LogP contribution is -2.43. The fourth-order valence-electron chi connectivity index (χ4n) is 2.90. The maximum atomic E-state index is 13.7. The van der Waals surface area contributed by atoms with Gasteiger partial charge in [-0.05, 0) is 35.9 Å². The summed E-state index contributed by atoms with van der Waals surface area (Å²) in [5, 5.41) is 0. The van der Waals surface area contributed by atoms with Crippen LogP contribution in [0.15, 0.2) is 42.5 Å². The second-order valence-electron chi connectivity index (χ2n) is 6.51. The van der Waals surface area contributed by atoms with Gasteiger partial charge in [0.05, 0.1) is 25.9 Å². The van der Waals surface area contributed by atoms with Crippen LogP contribution in [-0.4, -0.2) is 56.6 Å². The summed E-state index contributed by atoms with van der Waals surface area (Å²) >= 11 is 0. The molecule has 0 aliphatic carbocycles. The molecule has 3 rings (SSSR count). The Morgan fingerprint density at radius 1 is 1.10 bits per heavy atom. The highest BCUT2D eigenvalue weighted by atomic mass is 19.1. The van der Waals surface area contributed by atoms with E-state index < -0.39 is 17.4 Å². The number of hydrogen-bond acceptors (Lipinski definition) is 5. The molecule has 2 aromatic carbocycles. The molecule has 0 aromatic heterocycles. The summed E-state index contributed by atoms with van der Waals surface area (Å²) in [5.41, 5.74) is 0.385. The van der Waals surface area contributed by atoms with Crippen molar-refractivity contribution >= 4 is 17.8 Å². The van der Waals surface area contributed by atoms with Crippen LogP contribution in [-0.2, 0) is 9.53 Å². The maximum Gasteiger partial charge on any atom is 0.260 e. The van der Waals surface area contributed by atoms with Gasteiger partial charge < -0.3 is 19.1 Å². The van der Waals surface area contributed by atoms with Crippen LogP contribution in [0.3, 0.4) is 0 Å². The number of nitrogens with zero attached hydrogens (tertiary/aromatic N) is 1. The van der Waals surface area contributed by atoms with Gasteiger partial charge in [-0.25, -0.2) is 8.78 Å². The summed E-state index contributed by atoms with van der Waals surface area (Å²) in [7, 11) is 1.46. The molecular weight excluding hydrogens is 396 g/mol.